The first-order valence-electron chi connectivity index (χ1n) is 6.54. The van der Waals surface area contributed by atoms with Crippen LogP contribution in [0.2, 0.25) is 0 Å². The van der Waals surface area contributed by atoms with Crippen molar-refractivity contribution < 1.29 is 9.59 Å². The van der Waals surface area contributed by atoms with Crippen molar-refractivity contribution in [1.29, 1.82) is 0 Å². The van der Waals surface area contributed by atoms with Crippen molar-refractivity contribution in [2.24, 2.45) is 5.92 Å². The molecule has 0 aromatic heterocycles. The maximum absolute atomic E-state index is 12.0. The predicted molar refractivity (Wildman–Crippen MR) is 75.0 cm³/mol. The predicted octanol–water partition coefficient (Wildman–Crippen LogP) is 1.58. The van der Waals surface area contributed by atoms with E-state index in [0.717, 1.165) is 37.3 Å². The second-order valence-electron chi connectivity index (χ2n) is 4.79. The highest BCUT2D eigenvalue weighted by atomic mass is 16.2. The van der Waals surface area contributed by atoms with Crippen LogP contribution in [0.15, 0.2) is 24.3 Å². The molecule has 0 aliphatic carbocycles. The van der Waals surface area contributed by atoms with E-state index in [1.54, 1.807) is 24.3 Å². The van der Waals surface area contributed by atoms with Crippen molar-refractivity contribution in [2.75, 3.05) is 23.7 Å². The Hall–Kier alpha value is -1.88. The third-order valence-corrected chi connectivity index (χ3v) is 3.14. The van der Waals surface area contributed by atoms with Crippen LogP contribution < -0.4 is 16.0 Å². The number of hydrogen-bond acceptors (Lipinski definition) is 3. The number of carbonyl (C=O) groups excluding carboxylic acids is 2. The minimum absolute atomic E-state index is 0.0452. The first-order chi connectivity index (χ1) is 9.15. The lowest BCUT2D eigenvalue weighted by atomic mass is 9.99. The Labute approximate surface area is 112 Å². The fourth-order valence-electron chi connectivity index (χ4n) is 2.16. The highest BCUT2D eigenvalue weighted by Crippen LogP contribution is 2.16. The summed E-state index contributed by atoms with van der Waals surface area (Å²) in [4.78, 5) is 22.9. The summed E-state index contributed by atoms with van der Waals surface area (Å²) in [5.74, 6) is -0.00619. The van der Waals surface area contributed by atoms with Crippen molar-refractivity contribution in [3.63, 3.8) is 0 Å². The molecule has 1 fully saturated rings. The summed E-state index contributed by atoms with van der Waals surface area (Å²) in [6, 6.07) is 7.13. The number of carbonyl (C=O) groups is 2. The lowest BCUT2D eigenvalue weighted by Gasteiger charge is -2.21. The van der Waals surface area contributed by atoms with Crippen LogP contribution in [0, 0.1) is 5.92 Å². The number of amides is 2. The third-order valence-electron chi connectivity index (χ3n) is 3.14. The molecule has 1 aliphatic rings. The molecule has 1 heterocycles. The van der Waals surface area contributed by atoms with E-state index >= 15 is 0 Å². The SMILES string of the molecule is CC(=O)Nc1ccc(NC(=O)C2CCCNC2)cc1. The van der Waals surface area contributed by atoms with Crippen molar-refractivity contribution in [2.45, 2.75) is 19.8 Å². The molecule has 0 radical (unpaired) electrons. The minimum Gasteiger partial charge on any atom is -0.326 e. The molecule has 1 aromatic carbocycles. The Bertz CT molecular complexity index is 450. The monoisotopic (exact) mass is 261 g/mol. The summed E-state index contributed by atoms with van der Waals surface area (Å²) >= 11 is 0. The standard InChI is InChI=1S/C14H19N3O2/c1-10(18)16-12-4-6-13(7-5-12)17-14(19)11-3-2-8-15-9-11/h4-7,11,15H,2-3,8-9H2,1H3,(H,16,18)(H,17,19). The van der Waals surface area contributed by atoms with Crippen molar-refractivity contribution >= 4 is 23.2 Å². The zero-order valence-corrected chi connectivity index (χ0v) is 11.0. The molecule has 1 unspecified atom stereocenters. The Balaban J connectivity index is 1.91. The van der Waals surface area contributed by atoms with Crippen LogP contribution in [-0.2, 0) is 9.59 Å². The molecule has 2 amide bonds. The summed E-state index contributed by atoms with van der Waals surface area (Å²) in [5, 5.41) is 8.81. The molecular weight excluding hydrogens is 242 g/mol. The van der Waals surface area contributed by atoms with Gasteiger partial charge in [0.1, 0.15) is 0 Å². The molecule has 1 aromatic rings. The average Bonchev–Trinajstić information content (AvgIpc) is 2.41. The molecule has 1 atom stereocenters. The Morgan fingerprint density at radius 3 is 2.32 bits per heavy atom. The smallest absolute Gasteiger partial charge is 0.228 e. The normalized spacial score (nSPS) is 18.7. The number of anilines is 2. The number of hydrogen-bond donors (Lipinski definition) is 3. The fourth-order valence-corrected chi connectivity index (χ4v) is 2.16. The molecule has 3 N–H and O–H groups in total. The van der Waals surface area contributed by atoms with Crippen LogP contribution >= 0.6 is 0 Å². The van der Waals surface area contributed by atoms with E-state index in [1.807, 2.05) is 0 Å². The van der Waals surface area contributed by atoms with Crippen LogP contribution in [0.25, 0.3) is 0 Å². The van der Waals surface area contributed by atoms with Gasteiger partial charge in [0.15, 0.2) is 0 Å². The summed E-state index contributed by atoms with van der Waals surface area (Å²) in [7, 11) is 0. The van der Waals surface area contributed by atoms with Gasteiger partial charge in [-0.1, -0.05) is 0 Å². The summed E-state index contributed by atoms with van der Waals surface area (Å²) in [6.45, 7) is 3.21. The Morgan fingerprint density at radius 1 is 1.16 bits per heavy atom. The van der Waals surface area contributed by atoms with E-state index in [2.05, 4.69) is 16.0 Å². The molecule has 0 bridgehead atoms. The molecule has 1 saturated heterocycles. The van der Waals surface area contributed by atoms with Crippen molar-refractivity contribution in [3.8, 4) is 0 Å². The van der Waals surface area contributed by atoms with Gasteiger partial charge in [0.05, 0.1) is 5.92 Å². The van der Waals surface area contributed by atoms with Gasteiger partial charge in [0.25, 0.3) is 0 Å². The maximum atomic E-state index is 12.0. The van der Waals surface area contributed by atoms with E-state index < -0.39 is 0 Å². The first kappa shape index (κ1) is 13.5. The summed E-state index contributed by atoms with van der Waals surface area (Å²) in [5.41, 5.74) is 1.48. The molecule has 0 spiro atoms. The van der Waals surface area contributed by atoms with Gasteiger partial charge in [-0.05, 0) is 43.7 Å². The largest absolute Gasteiger partial charge is 0.326 e. The molecule has 102 valence electrons. The number of benzene rings is 1. The van der Waals surface area contributed by atoms with Gasteiger partial charge in [0, 0.05) is 24.8 Å². The second-order valence-corrected chi connectivity index (χ2v) is 4.79. The molecule has 0 saturated carbocycles. The third kappa shape index (κ3) is 4.06. The van der Waals surface area contributed by atoms with Crippen LogP contribution in [-0.4, -0.2) is 24.9 Å². The molecule has 19 heavy (non-hydrogen) atoms. The molecule has 1 aliphatic heterocycles. The van der Waals surface area contributed by atoms with Crippen LogP contribution in [0.3, 0.4) is 0 Å². The zero-order chi connectivity index (χ0) is 13.7. The highest BCUT2D eigenvalue weighted by Gasteiger charge is 2.20. The summed E-state index contributed by atoms with van der Waals surface area (Å²) in [6.07, 6.45) is 1.97. The van der Waals surface area contributed by atoms with Crippen LogP contribution in [0.1, 0.15) is 19.8 Å². The zero-order valence-electron chi connectivity index (χ0n) is 11.0. The second kappa shape index (κ2) is 6.33. The topological polar surface area (TPSA) is 70.2 Å². The van der Waals surface area contributed by atoms with E-state index in [0.29, 0.717) is 0 Å². The van der Waals surface area contributed by atoms with Crippen molar-refractivity contribution in [1.82, 2.24) is 5.32 Å². The molecular formula is C14H19N3O2. The maximum Gasteiger partial charge on any atom is 0.228 e. The van der Waals surface area contributed by atoms with Crippen LogP contribution in [0.5, 0.6) is 0 Å². The van der Waals surface area contributed by atoms with Gasteiger partial charge in [-0.25, -0.2) is 0 Å². The fraction of sp³-hybridized carbons (Fsp3) is 0.429. The summed E-state index contributed by atoms with van der Waals surface area (Å²) < 4.78 is 0. The molecule has 5 heteroatoms. The minimum atomic E-state index is -0.106. The highest BCUT2D eigenvalue weighted by molar-refractivity contribution is 5.93. The van der Waals surface area contributed by atoms with Gasteiger partial charge in [-0.3, -0.25) is 9.59 Å². The lowest BCUT2D eigenvalue weighted by molar-refractivity contribution is -0.120. The van der Waals surface area contributed by atoms with Gasteiger partial charge in [-0.2, -0.15) is 0 Å². The van der Waals surface area contributed by atoms with Gasteiger partial charge in [0.2, 0.25) is 11.8 Å². The number of rotatable bonds is 3. The van der Waals surface area contributed by atoms with Gasteiger partial charge < -0.3 is 16.0 Å². The first-order valence-corrected chi connectivity index (χ1v) is 6.54. The number of nitrogens with one attached hydrogen (secondary N) is 3. The van der Waals surface area contributed by atoms with Crippen molar-refractivity contribution in [3.05, 3.63) is 24.3 Å². The van der Waals surface area contributed by atoms with Crippen LogP contribution in [0.4, 0.5) is 11.4 Å². The lowest BCUT2D eigenvalue weighted by Crippen LogP contribution is -2.37. The molecule has 2 rings (SSSR count). The molecule has 5 nitrogen and oxygen atoms in total. The van der Waals surface area contributed by atoms with E-state index in [9.17, 15) is 9.59 Å². The van der Waals surface area contributed by atoms with E-state index in [4.69, 9.17) is 0 Å². The van der Waals surface area contributed by atoms with E-state index in [-0.39, 0.29) is 17.7 Å². The Morgan fingerprint density at radius 2 is 1.79 bits per heavy atom. The van der Waals surface area contributed by atoms with E-state index in [1.165, 1.54) is 6.92 Å². The Kier molecular flexibility index (Phi) is 4.52. The van der Waals surface area contributed by atoms with Gasteiger partial charge in [-0.15, -0.1) is 0 Å². The van der Waals surface area contributed by atoms with Gasteiger partial charge >= 0.3 is 0 Å². The quantitative estimate of drug-likeness (QED) is 0.773. The number of piperidine rings is 1. The average molecular weight is 261 g/mol.